The Morgan fingerprint density at radius 3 is 1.63 bits per heavy atom. The molecule has 0 saturated carbocycles. The molecule has 6 rings (SSSR count). The number of nitrogens with zero attached hydrogens (tertiary/aromatic N) is 3. The van der Waals surface area contributed by atoms with Crippen LogP contribution in [0.4, 0.5) is 11.4 Å². The summed E-state index contributed by atoms with van der Waals surface area (Å²) in [6.07, 6.45) is 10.1. The van der Waals surface area contributed by atoms with E-state index in [1.54, 1.807) is 16.8 Å². The average Bonchev–Trinajstić information content (AvgIpc) is 2.76. The molecule has 0 bridgehead atoms. The zero-order chi connectivity index (χ0) is 19.6. The topological polar surface area (TPSA) is 30.3 Å². The Labute approximate surface area is 196 Å². The summed E-state index contributed by atoms with van der Waals surface area (Å²) in [5, 5.41) is 10.9. The van der Waals surface area contributed by atoms with E-state index in [2.05, 4.69) is 45.5 Å². The number of halogens is 1. The summed E-state index contributed by atoms with van der Waals surface area (Å²) in [6, 6.07) is 11.3. The lowest BCUT2D eigenvalue weighted by Crippen LogP contribution is -3.00. The first-order valence-corrected chi connectivity index (χ1v) is 12.0. The van der Waals surface area contributed by atoms with Gasteiger partial charge in [-0.2, -0.15) is 5.26 Å². The van der Waals surface area contributed by atoms with Crippen molar-refractivity contribution in [2.24, 2.45) is 0 Å². The number of benzene rings is 2. The third-order valence-corrected chi connectivity index (χ3v) is 7.30. The molecule has 5 heteroatoms. The number of anilines is 2. The number of hydrogen-bond acceptors (Lipinski definition) is 4. The van der Waals surface area contributed by atoms with Crippen molar-refractivity contribution in [3.8, 4) is 5.40 Å². The van der Waals surface area contributed by atoms with Crippen LogP contribution >= 0.6 is 11.8 Å². The minimum atomic E-state index is 0. The molecule has 30 heavy (non-hydrogen) atoms. The molecule has 4 aliphatic heterocycles. The molecule has 0 radical (unpaired) electrons. The Hall–Kier alpha value is -1.64. The van der Waals surface area contributed by atoms with Crippen LogP contribution in [0.2, 0.25) is 0 Å². The molecule has 4 aliphatic rings. The number of para-hydroxylation sites is 1. The maximum Gasteiger partial charge on any atom is 1.00 e. The minimum Gasteiger partial charge on any atom is -1.00 e. The van der Waals surface area contributed by atoms with Crippen molar-refractivity contribution < 1.29 is 18.4 Å². The third-order valence-electron chi connectivity index (χ3n) is 6.74. The highest BCUT2D eigenvalue weighted by Crippen LogP contribution is 2.38. The molecule has 3 nitrogen and oxygen atoms in total. The van der Waals surface area contributed by atoms with Crippen LogP contribution in [0.1, 0.15) is 49.4 Å². The highest BCUT2D eigenvalue weighted by atomic mass is 79.9. The maximum atomic E-state index is 8.76. The third kappa shape index (κ3) is 4.22. The van der Waals surface area contributed by atoms with Gasteiger partial charge in [0.05, 0.1) is 0 Å². The van der Waals surface area contributed by atoms with Crippen LogP contribution in [0.15, 0.2) is 35.2 Å². The zero-order valence-electron chi connectivity index (χ0n) is 18.5. The van der Waals surface area contributed by atoms with Crippen LogP contribution in [0.25, 0.3) is 0 Å². The van der Waals surface area contributed by atoms with E-state index in [0.29, 0.717) is 0 Å². The van der Waals surface area contributed by atoms with Crippen LogP contribution in [0, 0.1) is 10.7 Å². The molecule has 0 amide bonds. The molecule has 0 atom stereocenters. The van der Waals surface area contributed by atoms with Crippen molar-refractivity contribution in [2.45, 2.75) is 56.3 Å². The van der Waals surface area contributed by atoms with Crippen molar-refractivity contribution >= 4 is 23.1 Å². The summed E-state index contributed by atoms with van der Waals surface area (Å²) in [4.78, 5) is 6.23. The molecule has 0 aliphatic carbocycles. The second-order valence-electron chi connectivity index (χ2n) is 8.60. The Bertz CT molecular complexity index is 899. The molecule has 4 heterocycles. The van der Waals surface area contributed by atoms with Crippen molar-refractivity contribution in [1.29, 1.82) is 5.26 Å². The summed E-state index contributed by atoms with van der Waals surface area (Å²) < 4.78 is 0. The second kappa shape index (κ2) is 9.66. The van der Waals surface area contributed by atoms with Gasteiger partial charge >= 0.3 is 1.43 Å². The lowest BCUT2D eigenvalue weighted by molar-refractivity contribution is -0.00000593. The van der Waals surface area contributed by atoms with Gasteiger partial charge in [-0.3, -0.25) is 0 Å². The van der Waals surface area contributed by atoms with Gasteiger partial charge in [0.1, 0.15) is 5.40 Å². The second-order valence-corrected chi connectivity index (χ2v) is 9.45. The Kier molecular flexibility index (Phi) is 6.95. The summed E-state index contributed by atoms with van der Waals surface area (Å²) >= 11 is 1.29. The summed E-state index contributed by atoms with van der Waals surface area (Å²) in [6.45, 7) is 4.99. The monoisotopic (exact) mass is 483 g/mol. The minimum absolute atomic E-state index is 0. The highest BCUT2D eigenvalue weighted by molar-refractivity contribution is 8.03. The number of thiocyanates is 1. The standard InChI is InChI=1S/C13H14N2S.C12H15N.BrH/c14-9-16-12-7-10-3-1-5-15-6-2-4-11(8-12)13(10)15;1-4-10-6-2-8-13-9-3-7-11(5-1)12(10)13;/h7-8H,1-6H2;1,4-5H,2-3,6-9H2;1H. The molecule has 0 spiro atoms. The Balaban J connectivity index is 0.000000168. The van der Waals surface area contributed by atoms with Crippen LogP contribution < -0.4 is 26.8 Å². The van der Waals surface area contributed by atoms with E-state index in [4.69, 9.17) is 5.26 Å². The molecule has 0 fully saturated rings. The number of hydrogen-bond donors (Lipinski definition) is 0. The van der Waals surface area contributed by atoms with Crippen molar-refractivity contribution in [2.75, 3.05) is 36.0 Å². The number of aryl methyl sites for hydroxylation is 4. The van der Waals surface area contributed by atoms with E-state index in [1.165, 1.54) is 106 Å². The number of rotatable bonds is 1. The van der Waals surface area contributed by atoms with Gasteiger partial charge in [0, 0.05) is 42.4 Å². The molecular weight excluding hydrogens is 454 g/mol. The van der Waals surface area contributed by atoms with E-state index in [0.717, 1.165) is 4.90 Å². The molecule has 2 aromatic carbocycles. The van der Waals surface area contributed by atoms with Gasteiger partial charge in [0.15, 0.2) is 0 Å². The van der Waals surface area contributed by atoms with E-state index < -0.39 is 0 Å². The zero-order valence-corrected chi connectivity index (χ0v) is 19.9. The quantitative estimate of drug-likeness (QED) is 0.460. The van der Waals surface area contributed by atoms with E-state index >= 15 is 0 Å². The fourth-order valence-electron chi connectivity index (χ4n) is 5.59. The molecule has 0 unspecified atom stereocenters. The lowest BCUT2D eigenvalue weighted by atomic mass is 9.92. The van der Waals surface area contributed by atoms with E-state index in [9.17, 15) is 0 Å². The van der Waals surface area contributed by atoms with Crippen molar-refractivity contribution in [1.82, 2.24) is 0 Å². The summed E-state index contributed by atoms with van der Waals surface area (Å²) in [5.41, 5.74) is 9.16. The van der Waals surface area contributed by atoms with Gasteiger partial charge in [0.2, 0.25) is 0 Å². The van der Waals surface area contributed by atoms with E-state index in [-0.39, 0.29) is 18.4 Å². The van der Waals surface area contributed by atoms with Crippen molar-refractivity contribution in [3.63, 3.8) is 0 Å². The molecule has 2 aromatic rings. The van der Waals surface area contributed by atoms with Gasteiger partial charge in [-0.1, -0.05) is 18.2 Å². The largest absolute Gasteiger partial charge is 1.00 e. The smallest absolute Gasteiger partial charge is 1.00 e. The first-order chi connectivity index (χ1) is 14.3. The lowest BCUT2D eigenvalue weighted by Gasteiger charge is -2.37. The molecule has 0 saturated heterocycles. The fourth-order valence-corrected chi connectivity index (χ4v) is 6.10. The predicted molar refractivity (Wildman–Crippen MR) is 123 cm³/mol. The fraction of sp³-hybridized carbons (Fsp3) is 0.480. The molecule has 158 valence electrons. The number of thioether (sulfide) groups is 1. The van der Waals surface area contributed by atoms with Crippen LogP contribution in [0.3, 0.4) is 0 Å². The Morgan fingerprint density at radius 1 is 0.733 bits per heavy atom. The van der Waals surface area contributed by atoms with Crippen molar-refractivity contribution in [3.05, 3.63) is 52.6 Å². The van der Waals surface area contributed by atoms with Crippen LogP contribution in [-0.4, -0.2) is 26.2 Å². The van der Waals surface area contributed by atoms with Gasteiger partial charge in [-0.15, -0.1) is 0 Å². The van der Waals surface area contributed by atoms with E-state index in [1.807, 2.05) is 0 Å². The maximum absolute atomic E-state index is 8.76. The van der Waals surface area contributed by atoms with Gasteiger partial charge in [-0.25, -0.2) is 0 Å². The van der Waals surface area contributed by atoms with Gasteiger partial charge < -0.3 is 26.8 Å². The highest BCUT2D eigenvalue weighted by Gasteiger charge is 2.24. The first-order valence-electron chi connectivity index (χ1n) is 11.2. The first kappa shape index (κ1) is 21.6. The summed E-state index contributed by atoms with van der Waals surface area (Å²) in [5.74, 6) is 0. The van der Waals surface area contributed by atoms with Gasteiger partial charge in [0.25, 0.3) is 0 Å². The number of nitriles is 1. The van der Waals surface area contributed by atoms with Crippen LogP contribution in [-0.2, 0) is 25.7 Å². The molecular formula is C25H30BrN3S. The predicted octanol–water partition coefficient (Wildman–Crippen LogP) is 2.46. The summed E-state index contributed by atoms with van der Waals surface area (Å²) in [7, 11) is 0. The van der Waals surface area contributed by atoms with Gasteiger partial charge in [-0.05, 0) is 97.5 Å². The molecule has 0 N–H and O–H groups in total. The van der Waals surface area contributed by atoms with Crippen LogP contribution in [0.5, 0.6) is 0 Å². The SMILES string of the molecule is N#CSc1cc2c3c(c1)CCCN3CCC2.[Br-].[H+].c1cc2c3c(c1)CCCN3CCC2. The average molecular weight is 485 g/mol. The normalized spacial score (nSPS) is 18.1. The Morgan fingerprint density at radius 2 is 1.17 bits per heavy atom. The molecule has 0 aromatic heterocycles.